The standard InChI is InChI=1S/C13H17BrClNO3/c1-18-8-9-19-7-3-6-16-13(17)10-4-2-5-11(14)12(10)15/h2,4-5H,3,6-9H2,1H3,(H,16,17). The van der Waals surface area contributed by atoms with Gasteiger partial charge in [-0.05, 0) is 34.5 Å². The number of ether oxygens (including phenoxy) is 2. The van der Waals surface area contributed by atoms with E-state index in [2.05, 4.69) is 21.2 Å². The van der Waals surface area contributed by atoms with E-state index in [1.54, 1.807) is 25.3 Å². The molecule has 0 atom stereocenters. The third-order valence-corrected chi connectivity index (χ3v) is 3.68. The fraction of sp³-hybridized carbons (Fsp3) is 0.462. The lowest BCUT2D eigenvalue weighted by Gasteiger charge is -2.08. The molecule has 1 amide bonds. The highest BCUT2D eigenvalue weighted by atomic mass is 79.9. The Balaban J connectivity index is 2.26. The van der Waals surface area contributed by atoms with E-state index >= 15 is 0 Å². The molecule has 4 nitrogen and oxygen atoms in total. The van der Waals surface area contributed by atoms with Gasteiger partial charge in [0.2, 0.25) is 0 Å². The van der Waals surface area contributed by atoms with E-state index in [0.717, 1.165) is 6.42 Å². The molecule has 19 heavy (non-hydrogen) atoms. The molecule has 0 aliphatic carbocycles. The molecular weight excluding hydrogens is 334 g/mol. The van der Waals surface area contributed by atoms with Crippen LogP contribution in [0, 0.1) is 0 Å². The second-order valence-electron chi connectivity index (χ2n) is 3.82. The van der Waals surface area contributed by atoms with E-state index in [9.17, 15) is 4.79 Å². The second-order valence-corrected chi connectivity index (χ2v) is 5.05. The van der Waals surface area contributed by atoms with Crippen LogP contribution in [0.2, 0.25) is 5.02 Å². The molecule has 1 aromatic rings. The van der Waals surface area contributed by atoms with Gasteiger partial charge >= 0.3 is 0 Å². The van der Waals surface area contributed by atoms with Gasteiger partial charge in [-0.2, -0.15) is 0 Å². The van der Waals surface area contributed by atoms with Crippen LogP contribution in [0.4, 0.5) is 0 Å². The Kier molecular flexibility index (Phi) is 8.05. The molecule has 0 heterocycles. The van der Waals surface area contributed by atoms with Crippen molar-refractivity contribution in [3.05, 3.63) is 33.3 Å². The summed E-state index contributed by atoms with van der Waals surface area (Å²) < 4.78 is 10.9. The lowest BCUT2D eigenvalue weighted by molar-refractivity contribution is 0.0688. The van der Waals surface area contributed by atoms with Gasteiger partial charge in [-0.3, -0.25) is 4.79 Å². The molecular formula is C13H17BrClNO3. The fourth-order valence-corrected chi connectivity index (χ4v) is 1.97. The summed E-state index contributed by atoms with van der Waals surface area (Å²) in [6.45, 7) is 2.30. The Hall–Kier alpha value is -0.620. The van der Waals surface area contributed by atoms with Crippen molar-refractivity contribution in [2.75, 3.05) is 33.5 Å². The number of methoxy groups -OCH3 is 1. The number of benzene rings is 1. The van der Waals surface area contributed by atoms with Crippen molar-refractivity contribution < 1.29 is 14.3 Å². The zero-order valence-corrected chi connectivity index (χ0v) is 13.1. The minimum absolute atomic E-state index is 0.178. The fourth-order valence-electron chi connectivity index (χ4n) is 1.39. The van der Waals surface area contributed by atoms with Crippen molar-refractivity contribution in [1.29, 1.82) is 0 Å². The van der Waals surface area contributed by atoms with E-state index < -0.39 is 0 Å². The highest BCUT2D eigenvalue weighted by molar-refractivity contribution is 9.10. The Bertz CT molecular complexity index is 415. The van der Waals surface area contributed by atoms with Crippen molar-refractivity contribution in [1.82, 2.24) is 5.32 Å². The molecule has 0 spiro atoms. The van der Waals surface area contributed by atoms with Crippen molar-refractivity contribution in [3.63, 3.8) is 0 Å². The number of carbonyl (C=O) groups is 1. The van der Waals surface area contributed by atoms with Crippen LogP contribution in [0.1, 0.15) is 16.8 Å². The average molecular weight is 351 g/mol. The maximum absolute atomic E-state index is 11.9. The molecule has 0 saturated heterocycles. The van der Waals surface area contributed by atoms with Gasteiger partial charge in [0, 0.05) is 24.7 Å². The molecule has 1 N–H and O–H groups in total. The number of amides is 1. The highest BCUT2D eigenvalue weighted by Crippen LogP contribution is 2.25. The first-order valence-electron chi connectivity index (χ1n) is 5.95. The number of rotatable bonds is 8. The first-order valence-corrected chi connectivity index (χ1v) is 7.12. The largest absolute Gasteiger partial charge is 0.382 e. The van der Waals surface area contributed by atoms with Gasteiger partial charge in [-0.1, -0.05) is 17.7 Å². The quantitative estimate of drug-likeness (QED) is 0.733. The van der Waals surface area contributed by atoms with Gasteiger partial charge in [0.25, 0.3) is 5.91 Å². The molecule has 106 valence electrons. The number of nitrogens with one attached hydrogen (secondary N) is 1. The Morgan fingerprint density at radius 1 is 1.37 bits per heavy atom. The predicted octanol–water partition coefficient (Wildman–Crippen LogP) is 2.89. The zero-order chi connectivity index (χ0) is 14.1. The van der Waals surface area contributed by atoms with Crippen molar-refractivity contribution in [2.45, 2.75) is 6.42 Å². The summed E-state index contributed by atoms with van der Waals surface area (Å²) >= 11 is 9.33. The molecule has 0 bridgehead atoms. The van der Waals surface area contributed by atoms with E-state index in [1.807, 2.05) is 0 Å². The van der Waals surface area contributed by atoms with Crippen molar-refractivity contribution in [2.24, 2.45) is 0 Å². The molecule has 0 unspecified atom stereocenters. The third kappa shape index (κ3) is 5.91. The van der Waals surface area contributed by atoms with Crippen LogP contribution in [-0.4, -0.2) is 39.4 Å². The monoisotopic (exact) mass is 349 g/mol. The molecule has 0 aromatic heterocycles. The maximum atomic E-state index is 11.9. The number of halogens is 2. The van der Waals surface area contributed by atoms with E-state index in [4.69, 9.17) is 21.1 Å². The highest BCUT2D eigenvalue weighted by Gasteiger charge is 2.11. The molecule has 0 radical (unpaired) electrons. The second kappa shape index (κ2) is 9.31. The van der Waals surface area contributed by atoms with Gasteiger partial charge in [0.1, 0.15) is 0 Å². The molecule has 0 aliphatic heterocycles. The molecule has 0 fully saturated rings. The minimum atomic E-state index is -0.178. The SMILES string of the molecule is COCCOCCCNC(=O)c1cccc(Br)c1Cl. The molecule has 6 heteroatoms. The summed E-state index contributed by atoms with van der Waals surface area (Å²) in [7, 11) is 1.63. The average Bonchev–Trinajstić information content (AvgIpc) is 2.40. The minimum Gasteiger partial charge on any atom is -0.382 e. The molecule has 1 rings (SSSR count). The lowest BCUT2D eigenvalue weighted by Crippen LogP contribution is -2.25. The summed E-state index contributed by atoms with van der Waals surface area (Å²) in [6.07, 6.45) is 0.751. The Labute approximate surface area is 126 Å². The van der Waals surface area contributed by atoms with Gasteiger partial charge < -0.3 is 14.8 Å². The summed E-state index contributed by atoms with van der Waals surface area (Å²) in [5, 5.41) is 3.23. The molecule has 1 aromatic carbocycles. The van der Waals surface area contributed by atoms with E-state index in [-0.39, 0.29) is 5.91 Å². The summed E-state index contributed by atoms with van der Waals surface area (Å²) in [4.78, 5) is 11.9. The van der Waals surface area contributed by atoms with Crippen LogP contribution in [0.3, 0.4) is 0 Å². The lowest BCUT2D eigenvalue weighted by atomic mass is 10.2. The maximum Gasteiger partial charge on any atom is 0.252 e. The van der Waals surface area contributed by atoms with Gasteiger partial charge in [-0.15, -0.1) is 0 Å². The molecule has 0 saturated carbocycles. The van der Waals surface area contributed by atoms with E-state index in [1.165, 1.54) is 0 Å². The predicted molar refractivity (Wildman–Crippen MR) is 78.8 cm³/mol. The van der Waals surface area contributed by atoms with Crippen molar-refractivity contribution in [3.8, 4) is 0 Å². The van der Waals surface area contributed by atoms with Crippen LogP contribution >= 0.6 is 27.5 Å². The van der Waals surface area contributed by atoms with Gasteiger partial charge in [0.15, 0.2) is 0 Å². The molecule has 0 aliphatic rings. The van der Waals surface area contributed by atoms with Crippen molar-refractivity contribution >= 4 is 33.4 Å². The van der Waals surface area contributed by atoms with Crippen LogP contribution < -0.4 is 5.32 Å². The summed E-state index contributed by atoms with van der Waals surface area (Å²) in [5.74, 6) is -0.178. The summed E-state index contributed by atoms with van der Waals surface area (Å²) in [5.41, 5.74) is 0.469. The normalized spacial score (nSPS) is 10.5. The van der Waals surface area contributed by atoms with Crippen LogP contribution in [-0.2, 0) is 9.47 Å². The van der Waals surface area contributed by atoms with Gasteiger partial charge in [0.05, 0.1) is 23.8 Å². The first kappa shape index (κ1) is 16.4. The Morgan fingerprint density at radius 3 is 2.89 bits per heavy atom. The number of hydrogen-bond acceptors (Lipinski definition) is 3. The topological polar surface area (TPSA) is 47.6 Å². The number of carbonyl (C=O) groups excluding carboxylic acids is 1. The number of hydrogen-bond donors (Lipinski definition) is 1. The van der Waals surface area contributed by atoms with Crippen LogP contribution in [0.5, 0.6) is 0 Å². The third-order valence-electron chi connectivity index (χ3n) is 2.38. The Morgan fingerprint density at radius 2 is 2.16 bits per heavy atom. The van der Waals surface area contributed by atoms with Crippen LogP contribution in [0.15, 0.2) is 22.7 Å². The zero-order valence-electron chi connectivity index (χ0n) is 10.7. The summed E-state index contributed by atoms with van der Waals surface area (Å²) in [6, 6.07) is 5.26. The first-order chi connectivity index (χ1) is 9.16. The smallest absolute Gasteiger partial charge is 0.252 e. The van der Waals surface area contributed by atoms with Gasteiger partial charge in [-0.25, -0.2) is 0 Å². The van der Waals surface area contributed by atoms with Crippen LogP contribution in [0.25, 0.3) is 0 Å². The van der Waals surface area contributed by atoms with E-state index in [0.29, 0.717) is 41.4 Å².